The van der Waals surface area contributed by atoms with Crippen molar-refractivity contribution in [2.45, 2.75) is 12.8 Å². The Hall–Kier alpha value is -4.91. The molecule has 1 aromatic carbocycles. The van der Waals surface area contributed by atoms with Crippen LogP contribution in [0.3, 0.4) is 0 Å². The maximum atomic E-state index is 9.64. The van der Waals surface area contributed by atoms with Gasteiger partial charge in [-0.05, 0) is 18.2 Å². The summed E-state index contributed by atoms with van der Waals surface area (Å²) < 4.78 is 0. The topological polar surface area (TPSA) is 169 Å². The van der Waals surface area contributed by atoms with Gasteiger partial charge in [0.25, 0.3) is 0 Å². The van der Waals surface area contributed by atoms with E-state index >= 15 is 0 Å². The van der Waals surface area contributed by atoms with Crippen LogP contribution in [0.25, 0.3) is 5.57 Å². The lowest BCUT2D eigenvalue weighted by Crippen LogP contribution is -2.22. The molecule has 3 rings (SSSR count). The second kappa shape index (κ2) is 7.54. The van der Waals surface area contributed by atoms with Crippen molar-refractivity contribution in [3.8, 4) is 30.3 Å². The fourth-order valence-corrected chi connectivity index (χ4v) is 2.53. The van der Waals surface area contributed by atoms with E-state index < -0.39 is 0 Å². The molecule has 28 heavy (non-hydrogen) atoms. The molecule has 0 aliphatic carbocycles. The third-order valence-electron chi connectivity index (χ3n) is 3.72. The molecule has 9 heteroatoms. The second-order valence-corrected chi connectivity index (χ2v) is 5.47. The van der Waals surface area contributed by atoms with Crippen LogP contribution in [-0.2, 0) is 12.8 Å². The van der Waals surface area contributed by atoms with Gasteiger partial charge in [0.1, 0.15) is 29.6 Å². The van der Waals surface area contributed by atoms with Gasteiger partial charge < -0.3 is 0 Å². The van der Waals surface area contributed by atoms with E-state index in [1.165, 1.54) is 18.2 Å². The van der Waals surface area contributed by atoms with E-state index in [1.807, 2.05) is 30.3 Å². The van der Waals surface area contributed by atoms with Crippen molar-refractivity contribution >= 4 is 5.57 Å². The zero-order chi connectivity index (χ0) is 20.1. The zero-order valence-electron chi connectivity index (χ0n) is 14.2. The third-order valence-corrected chi connectivity index (χ3v) is 3.72. The Labute approximate surface area is 158 Å². The third kappa shape index (κ3) is 3.26. The Morgan fingerprint density at radius 3 is 1.89 bits per heavy atom. The summed E-state index contributed by atoms with van der Waals surface area (Å²) in [5.41, 5.74) is 0.933. The lowest BCUT2D eigenvalue weighted by Gasteiger charge is -2.04. The Morgan fingerprint density at radius 1 is 0.786 bits per heavy atom. The van der Waals surface area contributed by atoms with Crippen molar-refractivity contribution in [3.05, 3.63) is 63.1 Å². The lowest BCUT2D eigenvalue weighted by atomic mass is 10.1. The summed E-state index contributed by atoms with van der Waals surface area (Å²) in [5.74, 6) is 0.258. The lowest BCUT2D eigenvalue weighted by molar-refractivity contribution is 0.935. The number of benzene rings is 1. The molecule has 0 saturated carbocycles. The minimum Gasteiger partial charge on any atom is -0.236 e. The van der Waals surface area contributed by atoms with Gasteiger partial charge >= 0.3 is 0 Å². The van der Waals surface area contributed by atoms with Crippen LogP contribution in [0.2, 0.25) is 0 Å². The molecule has 0 unspecified atom stereocenters. The molecule has 1 aliphatic rings. The first-order valence-electron chi connectivity index (χ1n) is 7.80. The number of aromatic nitrogens is 2. The molecular formula is C19H7N9. The summed E-state index contributed by atoms with van der Waals surface area (Å²) in [6.07, 6.45) is -0.0839. The van der Waals surface area contributed by atoms with Gasteiger partial charge in [0.15, 0.2) is 5.82 Å². The quantitative estimate of drug-likeness (QED) is 0.716. The van der Waals surface area contributed by atoms with E-state index in [4.69, 9.17) is 21.0 Å². The van der Waals surface area contributed by atoms with Crippen LogP contribution in [0.4, 0.5) is 0 Å². The van der Waals surface area contributed by atoms with E-state index in [-0.39, 0.29) is 46.9 Å². The molecule has 0 bridgehead atoms. The molecule has 0 fully saturated rings. The van der Waals surface area contributed by atoms with Crippen LogP contribution in [0.15, 0.2) is 34.0 Å². The largest absolute Gasteiger partial charge is 0.236 e. The average molecular weight is 361 g/mol. The molecule has 9 nitrogen and oxygen atoms in total. The standard InChI is InChI=1S/C19H7N9/c20-3-1-13-7-15(26-18(25-13)2-4-21)14(10-24)19-27-16-5-11(8-22)12(9-23)6-17(16)28-19/h5-7H,1-2H2. The summed E-state index contributed by atoms with van der Waals surface area (Å²) >= 11 is 0. The Bertz CT molecular complexity index is 1270. The van der Waals surface area contributed by atoms with Crippen molar-refractivity contribution in [3.63, 3.8) is 0 Å². The van der Waals surface area contributed by atoms with Crippen LogP contribution in [0.1, 0.15) is 28.3 Å². The number of nitrogens with zero attached hydrogens (tertiary/aromatic N) is 9. The number of hydrogen-bond acceptors (Lipinski definition) is 9. The highest BCUT2D eigenvalue weighted by Gasteiger charge is 2.17. The molecule has 0 atom stereocenters. The monoisotopic (exact) mass is 361 g/mol. The van der Waals surface area contributed by atoms with Crippen molar-refractivity contribution in [1.29, 1.82) is 26.3 Å². The van der Waals surface area contributed by atoms with Crippen LogP contribution in [0.5, 0.6) is 0 Å². The SMILES string of the molecule is N#CCc1cc(C(C#N)=C2N=c3cc(C#N)c(C#N)cc3=N2)nc(CC#N)n1. The second-order valence-electron chi connectivity index (χ2n) is 5.47. The number of allylic oxidation sites excluding steroid dienone is 1. The summed E-state index contributed by atoms with van der Waals surface area (Å²) in [5, 5.41) is 46.4. The first-order chi connectivity index (χ1) is 13.6. The van der Waals surface area contributed by atoms with Crippen molar-refractivity contribution in [2.24, 2.45) is 9.98 Å². The van der Waals surface area contributed by atoms with Crippen LogP contribution in [-0.4, -0.2) is 9.97 Å². The van der Waals surface area contributed by atoms with E-state index in [1.54, 1.807) is 0 Å². The molecule has 128 valence electrons. The highest BCUT2D eigenvalue weighted by atomic mass is 15.0. The molecule has 0 saturated heterocycles. The molecule has 2 aromatic rings. The molecule has 2 heterocycles. The predicted octanol–water partition coefficient (Wildman–Crippen LogP) is 0.497. The maximum absolute atomic E-state index is 9.64. The first kappa shape index (κ1) is 17.9. The normalized spacial score (nSPS) is 10.8. The summed E-state index contributed by atoms with van der Waals surface area (Å²) in [7, 11) is 0. The Balaban J connectivity index is 2.23. The minimum atomic E-state index is -0.0775. The highest BCUT2D eigenvalue weighted by Crippen LogP contribution is 2.20. The summed E-state index contributed by atoms with van der Waals surface area (Å²) in [4.78, 5) is 16.9. The number of hydrogen-bond donors (Lipinski definition) is 0. The number of rotatable bonds is 3. The van der Waals surface area contributed by atoms with Gasteiger partial charge in [-0.15, -0.1) is 0 Å². The van der Waals surface area contributed by atoms with Crippen LogP contribution >= 0.6 is 0 Å². The zero-order valence-corrected chi connectivity index (χ0v) is 14.2. The van der Waals surface area contributed by atoms with Gasteiger partial charge in [0.05, 0.1) is 58.2 Å². The van der Waals surface area contributed by atoms with Crippen molar-refractivity contribution < 1.29 is 0 Å². The number of nitriles is 5. The Morgan fingerprint density at radius 2 is 1.39 bits per heavy atom. The fraction of sp³-hybridized carbons (Fsp3) is 0.105. The van der Waals surface area contributed by atoms with E-state index in [0.29, 0.717) is 16.4 Å². The molecule has 0 spiro atoms. The smallest absolute Gasteiger partial charge is 0.173 e. The van der Waals surface area contributed by atoms with Gasteiger partial charge in [-0.1, -0.05) is 0 Å². The van der Waals surface area contributed by atoms with Gasteiger partial charge in [-0.25, -0.2) is 20.0 Å². The van der Waals surface area contributed by atoms with Gasteiger partial charge in [-0.3, -0.25) is 0 Å². The maximum Gasteiger partial charge on any atom is 0.173 e. The fourth-order valence-electron chi connectivity index (χ4n) is 2.53. The summed E-state index contributed by atoms with van der Waals surface area (Å²) in [6, 6.07) is 14.1. The molecular weight excluding hydrogens is 354 g/mol. The summed E-state index contributed by atoms with van der Waals surface area (Å²) in [6.45, 7) is 0. The molecule has 1 aromatic heterocycles. The molecule has 0 radical (unpaired) electrons. The highest BCUT2D eigenvalue weighted by molar-refractivity contribution is 5.77. The predicted molar refractivity (Wildman–Crippen MR) is 91.4 cm³/mol. The van der Waals surface area contributed by atoms with Gasteiger partial charge in [0.2, 0.25) is 0 Å². The van der Waals surface area contributed by atoms with E-state index in [0.717, 1.165) is 0 Å². The minimum absolute atomic E-state index is 0.00639. The number of fused-ring (bicyclic) bond motifs is 1. The van der Waals surface area contributed by atoms with Crippen LogP contribution in [0, 0.1) is 56.7 Å². The van der Waals surface area contributed by atoms with Gasteiger partial charge in [-0.2, -0.15) is 26.3 Å². The first-order valence-corrected chi connectivity index (χ1v) is 7.80. The van der Waals surface area contributed by atoms with E-state index in [9.17, 15) is 5.26 Å². The van der Waals surface area contributed by atoms with Crippen molar-refractivity contribution in [2.75, 3.05) is 0 Å². The average Bonchev–Trinajstić information content (AvgIpc) is 3.10. The van der Waals surface area contributed by atoms with E-state index in [2.05, 4.69) is 20.0 Å². The van der Waals surface area contributed by atoms with Crippen LogP contribution < -0.4 is 10.7 Å². The molecule has 1 aliphatic heterocycles. The molecule has 0 amide bonds. The molecule has 0 N–H and O–H groups in total. The van der Waals surface area contributed by atoms with Gasteiger partial charge in [0, 0.05) is 0 Å². The van der Waals surface area contributed by atoms with Crippen molar-refractivity contribution in [1.82, 2.24) is 9.97 Å². The Kier molecular flexibility index (Phi) is 4.82.